The molecular formula is C20H16N8O3. The van der Waals surface area contributed by atoms with Gasteiger partial charge in [0.15, 0.2) is 0 Å². The predicted molar refractivity (Wildman–Crippen MR) is 111 cm³/mol. The number of non-ortho nitro benzene ring substituents is 1. The maximum atomic E-state index is 12.7. The summed E-state index contributed by atoms with van der Waals surface area (Å²) < 4.78 is 1.57. The van der Waals surface area contributed by atoms with Gasteiger partial charge in [0.05, 0.1) is 10.6 Å². The normalized spacial score (nSPS) is 14.4. The zero-order valence-electron chi connectivity index (χ0n) is 16.3. The lowest BCUT2D eigenvalue weighted by atomic mass is 9.92. The minimum atomic E-state index is -0.545. The van der Waals surface area contributed by atoms with Crippen molar-refractivity contribution >= 4 is 17.3 Å². The molecule has 11 nitrogen and oxygen atoms in total. The number of anilines is 2. The molecule has 3 heterocycles. The molecule has 1 atom stereocenters. The fourth-order valence-corrected chi connectivity index (χ4v) is 3.77. The van der Waals surface area contributed by atoms with E-state index in [9.17, 15) is 14.9 Å². The van der Waals surface area contributed by atoms with Crippen molar-refractivity contribution in [2.75, 3.05) is 5.32 Å². The van der Waals surface area contributed by atoms with Gasteiger partial charge in [-0.25, -0.2) is 5.10 Å². The molecule has 0 amide bonds. The summed E-state index contributed by atoms with van der Waals surface area (Å²) in [7, 11) is 0. The van der Waals surface area contributed by atoms with Crippen molar-refractivity contribution in [3.63, 3.8) is 0 Å². The molecule has 0 bridgehead atoms. The maximum absolute atomic E-state index is 12.7. The Balaban J connectivity index is 1.78. The number of nitro groups is 1. The second-order valence-corrected chi connectivity index (χ2v) is 7.07. The third-order valence-corrected chi connectivity index (χ3v) is 5.30. The quantitative estimate of drug-likeness (QED) is 0.336. The average molecular weight is 416 g/mol. The molecule has 0 aliphatic carbocycles. The topological polar surface area (TPSA) is 145 Å². The van der Waals surface area contributed by atoms with Gasteiger partial charge in [-0.2, -0.15) is 9.78 Å². The third-order valence-electron chi connectivity index (χ3n) is 5.30. The Kier molecular flexibility index (Phi) is 4.28. The Labute approximate surface area is 174 Å². The highest BCUT2D eigenvalue weighted by Gasteiger charge is 2.34. The summed E-state index contributed by atoms with van der Waals surface area (Å²) in [6, 6.07) is 13.5. The lowest BCUT2D eigenvalue weighted by Crippen LogP contribution is -2.29. The highest BCUT2D eigenvalue weighted by Crippen LogP contribution is 2.41. The molecule has 4 aromatic rings. The van der Waals surface area contributed by atoms with Crippen molar-refractivity contribution in [1.29, 1.82) is 0 Å². The fraction of sp³-hybridized carbons (Fsp3) is 0.150. The molecule has 0 unspecified atom stereocenters. The molecular weight excluding hydrogens is 400 g/mol. The molecule has 31 heavy (non-hydrogen) atoms. The van der Waals surface area contributed by atoms with Crippen LogP contribution >= 0.6 is 0 Å². The first kappa shape index (κ1) is 18.6. The van der Waals surface area contributed by atoms with E-state index < -0.39 is 16.5 Å². The number of aromatic amines is 1. The number of nitrogens with zero attached hydrogens (tertiary/aromatic N) is 6. The Bertz CT molecular complexity index is 1360. The van der Waals surface area contributed by atoms with Crippen molar-refractivity contribution in [2.24, 2.45) is 0 Å². The maximum Gasteiger partial charge on any atom is 0.288 e. The molecule has 0 spiro atoms. The third kappa shape index (κ3) is 3.03. The Morgan fingerprint density at radius 1 is 1.19 bits per heavy atom. The zero-order valence-corrected chi connectivity index (χ0v) is 16.3. The lowest BCUT2D eigenvalue weighted by molar-refractivity contribution is -0.384. The summed E-state index contributed by atoms with van der Waals surface area (Å²) in [4.78, 5) is 23.5. The minimum Gasteiger partial charge on any atom is -0.318 e. The number of aromatic nitrogens is 6. The molecule has 2 aromatic carbocycles. The van der Waals surface area contributed by atoms with Gasteiger partial charge in [-0.05, 0) is 28.0 Å². The van der Waals surface area contributed by atoms with Crippen LogP contribution in [0, 0.1) is 10.1 Å². The first-order chi connectivity index (χ1) is 15.1. The van der Waals surface area contributed by atoms with E-state index in [1.165, 1.54) is 12.1 Å². The molecule has 0 saturated carbocycles. The highest BCUT2D eigenvalue weighted by molar-refractivity contribution is 5.76. The van der Waals surface area contributed by atoms with Gasteiger partial charge in [0.2, 0.25) is 5.95 Å². The van der Waals surface area contributed by atoms with E-state index >= 15 is 0 Å². The van der Waals surface area contributed by atoms with Gasteiger partial charge in [0.25, 0.3) is 11.2 Å². The van der Waals surface area contributed by atoms with E-state index in [4.69, 9.17) is 0 Å². The minimum absolute atomic E-state index is 0.0741. The van der Waals surface area contributed by atoms with Crippen LogP contribution in [0.25, 0.3) is 11.3 Å². The van der Waals surface area contributed by atoms with E-state index in [0.29, 0.717) is 22.8 Å². The van der Waals surface area contributed by atoms with Crippen molar-refractivity contribution in [1.82, 2.24) is 30.4 Å². The van der Waals surface area contributed by atoms with Gasteiger partial charge in [-0.1, -0.05) is 48.4 Å². The highest BCUT2D eigenvalue weighted by atomic mass is 16.6. The number of hydrogen-bond acceptors (Lipinski definition) is 8. The monoisotopic (exact) mass is 416 g/mol. The number of tetrazole rings is 1. The van der Waals surface area contributed by atoms with Crippen LogP contribution in [-0.4, -0.2) is 35.3 Å². The predicted octanol–water partition coefficient (Wildman–Crippen LogP) is 2.59. The van der Waals surface area contributed by atoms with Crippen LogP contribution in [0.1, 0.15) is 29.7 Å². The number of H-pyrrole nitrogens is 1. The van der Waals surface area contributed by atoms with Crippen LogP contribution in [0.3, 0.4) is 0 Å². The second kappa shape index (κ2) is 7.13. The van der Waals surface area contributed by atoms with Gasteiger partial charge in [-0.3, -0.25) is 14.9 Å². The number of nitro benzene ring substituents is 1. The van der Waals surface area contributed by atoms with Crippen LogP contribution in [0.2, 0.25) is 0 Å². The number of nitrogens with one attached hydrogen (secondary N) is 2. The van der Waals surface area contributed by atoms with E-state index in [1.54, 1.807) is 16.8 Å². The van der Waals surface area contributed by atoms with Gasteiger partial charge >= 0.3 is 0 Å². The van der Waals surface area contributed by atoms with Crippen LogP contribution in [0.5, 0.6) is 0 Å². The van der Waals surface area contributed by atoms with Crippen molar-refractivity contribution in [3.8, 4) is 11.3 Å². The van der Waals surface area contributed by atoms with Crippen LogP contribution < -0.4 is 10.9 Å². The smallest absolute Gasteiger partial charge is 0.288 e. The summed E-state index contributed by atoms with van der Waals surface area (Å²) in [6.45, 7) is 2.07. The summed E-state index contributed by atoms with van der Waals surface area (Å²) >= 11 is 0. The second-order valence-electron chi connectivity index (χ2n) is 7.07. The molecule has 154 valence electrons. The number of hydrogen-bond donors (Lipinski definition) is 2. The van der Waals surface area contributed by atoms with Crippen LogP contribution in [-0.2, 0) is 6.42 Å². The largest absolute Gasteiger partial charge is 0.318 e. The Hall–Kier alpha value is -4.41. The zero-order chi connectivity index (χ0) is 21.5. The SMILES string of the molecule is CCc1ccc([C@H]2c3c(-c4cccc([N+](=O)[O-])c4)n[nH]c(=O)c3Nc3nnnn32)cc1. The molecule has 1 aliphatic heterocycles. The van der Waals surface area contributed by atoms with Gasteiger partial charge in [0, 0.05) is 23.3 Å². The van der Waals surface area contributed by atoms with Crippen molar-refractivity contribution in [2.45, 2.75) is 19.4 Å². The molecule has 2 N–H and O–H groups in total. The van der Waals surface area contributed by atoms with E-state index in [1.807, 2.05) is 24.3 Å². The molecule has 0 radical (unpaired) electrons. The Morgan fingerprint density at radius 2 is 2.00 bits per heavy atom. The summed E-state index contributed by atoms with van der Waals surface area (Å²) in [5.41, 5.74) is 3.19. The fourth-order valence-electron chi connectivity index (χ4n) is 3.77. The molecule has 2 aromatic heterocycles. The number of rotatable bonds is 4. The molecule has 0 fully saturated rings. The average Bonchev–Trinajstić information content (AvgIpc) is 3.27. The first-order valence-electron chi connectivity index (χ1n) is 9.58. The van der Waals surface area contributed by atoms with Gasteiger partial charge < -0.3 is 5.32 Å². The van der Waals surface area contributed by atoms with E-state index in [2.05, 4.69) is 38.0 Å². The standard InChI is InChI=1S/C20H16N8O3/c1-2-11-6-8-12(9-7-11)18-15-16(13-4-3-5-14(10-13)28(30)31)22-23-19(29)17(15)21-20-24-25-26-27(18)20/h3-10,18H,2H2,1H3,(H,23,29)(H,21,24,26)/t18-/m0/s1. The van der Waals surface area contributed by atoms with Crippen LogP contribution in [0.15, 0.2) is 53.3 Å². The summed E-state index contributed by atoms with van der Waals surface area (Å²) in [5, 5.41) is 32.8. The Morgan fingerprint density at radius 3 is 2.74 bits per heavy atom. The van der Waals surface area contributed by atoms with Crippen molar-refractivity contribution in [3.05, 3.63) is 85.7 Å². The van der Waals surface area contributed by atoms with E-state index in [-0.39, 0.29) is 11.4 Å². The van der Waals surface area contributed by atoms with Gasteiger partial charge in [-0.15, -0.1) is 0 Å². The summed E-state index contributed by atoms with van der Waals surface area (Å²) in [5.74, 6) is 0.318. The molecule has 11 heteroatoms. The van der Waals surface area contributed by atoms with E-state index in [0.717, 1.165) is 17.5 Å². The molecule has 0 saturated heterocycles. The number of benzene rings is 2. The summed E-state index contributed by atoms with van der Waals surface area (Å²) in [6.07, 6.45) is 0.888. The van der Waals surface area contributed by atoms with Gasteiger partial charge in [0.1, 0.15) is 11.7 Å². The first-order valence-corrected chi connectivity index (χ1v) is 9.58. The van der Waals surface area contributed by atoms with Crippen LogP contribution in [0.4, 0.5) is 17.3 Å². The van der Waals surface area contributed by atoms with Crippen molar-refractivity contribution < 1.29 is 4.92 Å². The number of fused-ring (bicyclic) bond motifs is 2. The lowest BCUT2D eigenvalue weighted by Gasteiger charge is -2.27. The molecule has 5 rings (SSSR count). The number of aryl methyl sites for hydroxylation is 1. The molecule has 1 aliphatic rings.